The zero-order valence-electron chi connectivity index (χ0n) is 23.1. The molecule has 0 heterocycles. The van der Waals surface area contributed by atoms with E-state index in [-0.39, 0.29) is 11.3 Å². The molecule has 4 N–H and O–H groups in total. The first-order chi connectivity index (χ1) is 16.7. The van der Waals surface area contributed by atoms with Gasteiger partial charge in [-0.1, -0.05) is 44.9 Å². The van der Waals surface area contributed by atoms with Gasteiger partial charge in [0, 0.05) is 17.6 Å². The molecule has 0 saturated heterocycles. The van der Waals surface area contributed by atoms with E-state index in [4.69, 9.17) is 4.74 Å². The highest BCUT2D eigenvalue weighted by molar-refractivity contribution is 5.93. The SMILES string of the molecule is CCCCCNC(=O)C(c1cccc(C)c1O)N(C(=O)C(CO)NC(=O)OC(C)(C)C)C(C)(C)CC. The Bertz CT molecular complexity index is 894. The number of aromatic hydroxyl groups is 1. The van der Waals surface area contributed by atoms with Crippen molar-refractivity contribution in [3.05, 3.63) is 29.3 Å². The van der Waals surface area contributed by atoms with Gasteiger partial charge in [-0.15, -0.1) is 0 Å². The van der Waals surface area contributed by atoms with Gasteiger partial charge >= 0.3 is 6.09 Å². The van der Waals surface area contributed by atoms with Crippen molar-refractivity contribution in [3.8, 4) is 5.75 Å². The molecule has 0 aliphatic heterocycles. The van der Waals surface area contributed by atoms with Gasteiger partial charge < -0.3 is 30.5 Å². The molecule has 3 amide bonds. The number of ether oxygens (including phenoxy) is 1. The molecule has 0 aliphatic carbocycles. The van der Waals surface area contributed by atoms with Gasteiger partial charge in [0.15, 0.2) is 0 Å². The van der Waals surface area contributed by atoms with Gasteiger partial charge in [-0.3, -0.25) is 9.59 Å². The summed E-state index contributed by atoms with van der Waals surface area (Å²) >= 11 is 0. The topological polar surface area (TPSA) is 128 Å². The second kappa shape index (κ2) is 13.5. The minimum atomic E-state index is -1.35. The van der Waals surface area contributed by atoms with Crippen molar-refractivity contribution in [2.45, 2.75) is 104 Å². The first-order valence-electron chi connectivity index (χ1n) is 12.7. The van der Waals surface area contributed by atoms with Gasteiger partial charge in [0.25, 0.3) is 0 Å². The number of rotatable bonds is 12. The van der Waals surface area contributed by atoms with Crippen molar-refractivity contribution in [2.24, 2.45) is 0 Å². The molecule has 0 spiro atoms. The van der Waals surface area contributed by atoms with Crippen LogP contribution in [0.25, 0.3) is 0 Å². The van der Waals surface area contributed by atoms with E-state index in [0.717, 1.165) is 19.3 Å². The molecule has 204 valence electrons. The lowest BCUT2D eigenvalue weighted by molar-refractivity contribution is -0.150. The zero-order chi connectivity index (χ0) is 27.7. The van der Waals surface area contributed by atoms with Gasteiger partial charge in [0.1, 0.15) is 23.4 Å². The van der Waals surface area contributed by atoms with E-state index in [1.54, 1.807) is 59.7 Å². The molecular weight excluding hydrogens is 462 g/mol. The van der Waals surface area contributed by atoms with Crippen LogP contribution in [-0.4, -0.2) is 63.4 Å². The zero-order valence-corrected chi connectivity index (χ0v) is 23.1. The number of amides is 3. The van der Waals surface area contributed by atoms with E-state index in [1.807, 2.05) is 6.92 Å². The number of benzene rings is 1. The highest BCUT2D eigenvalue weighted by Crippen LogP contribution is 2.37. The summed E-state index contributed by atoms with van der Waals surface area (Å²) in [6.45, 7) is 14.1. The van der Waals surface area contributed by atoms with Crippen molar-refractivity contribution in [2.75, 3.05) is 13.2 Å². The number of para-hydroxylation sites is 1. The van der Waals surface area contributed by atoms with E-state index in [1.165, 1.54) is 4.90 Å². The maximum Gasteiger partial charge on any atom is 0.408 e. The molecule has 9 heteroatoms. The summed E-state index contributed by atoms with van der Waals surface area (Å²) in [6, 6.07) is 2.50. The fraction of sp³-hybridized carbons (Fsp3) is 0.667. The van der Waals surface area contributed by atoms with E-state index in [9.17, 15) is 24.6 Å². The number of nitrogens with zero attached hydrogens (tertiary/aromatic N) is 1. The Morgan fingerprint density at radius 1 is 1.08 bits per heavy atom. The summed E-state index contributed by atoms with van der Waals surface area (Å²) in [5, 5.41) is 26.3. The van der Waals surface area contributed by atoms with E-state index < -0.39 is 47.7 Å². The summed E-state index contributed by atoms with van der Waals surface area (Å²) in [4.78, 5) is 41.3. The summed E-state index contributed by atoms with van der Waals surface area (Å²) < 4.78 is 5.26. The number of phenolic OH excluding ortho intramolecular Hbond substituents is 1. The van der Waals surface area contributed by atoms with Gasteiger partial charge in [0.05, 0.1) is 6.61 Å². The minimum absolute atomic E-state index is 0.0865. The highest BCUT2D eigenvalue weighted by Gasteiger charge is 2.44. The molecule has 1 rings (SSSR count). The predicted octanol–water partition coefficient (Wildman–Crippen LogP) is 3.95. The van der Waals surface area contributed by atoms with Crippen molar-refractivity contribution >= 4 is 17.9 Å². The number of aliphatic hydroxyl groups excluding tert-OH is 1. The van der Waals surface area contributed by atoms with Crippen molar-refractivity contribution in [3.63, 3.8) is 0 Å². The van der Waals surface area contributed by atoms with E-state index >= 15 is 0 Å². The van der Waals surface area contributed by atoms with Crippen LogP contribution < -0.4 is 10.6 Å². The Labute approximate surface area is 215 Å². The first kappa shape index (κ1) is 31.2. The molecule has 1 aromatic carbocycles. The highest BCUT2D eigenvalue weighted by atomic mass is 16.6. The Hall–Kier alpha value is -2.81. The molecule has 0 bridgehead atoms. The standard InChI is InChI=1S/C27H45N3O6/c1-9-11-12-16-28-23(33)21(19-15-13-14-18(3)22(19)32)30(27(7,8)10-2)24(34)20(17-31)29-25(35)36-26(4,5)6/h13-15,20-21,31-32H,9-12,16-17H2,1-8H3,(H,28,33)(H,29,35). The number of nitrogens with one attached hydrogen (secondary N) is 2. The van der Waals surface area contributed by atoms with Crippen molar-refractivity contribution in [1.82, 2.24) is 15.5 Å². The Morgan fingerprint density at radius 2 is 1.72 bits per heavy atom. The third-order valence-corrected chi connectivity index (χ3v) is 6.08. The quantitative estimate of drug-likeness (QED) is 0.317. The predicted molar refractivity (Wildman–Crippen MR) is 140 cm³/mol. The number of unbranched alkanes of at least 4 members (excludes halogenated alkanes) is 2. The van der Waals surface area contributed by atoms with Gasteiger partial charge in [-0.05, 0) is 59.9 Å². The molecule has 1 aromatic rings. The van der Waals surface area contributed by atoms with Crippen LogP contribution >= 0.6 is 0 Å². The molecule has 2 unspecified atom stereocenters. The second-order valence-corrected chi connectivity index (χ2v) is 10.7. The normalized spacial score (nSPS) is 13.5. The number of carbonyl (C=O) groups excluding carboxylic acids is 3. The van der Waals surface area contributed by atoms with Gasteiger partial charge in [0.2, 0.25) is 11.8 Å². The molecule has 0 saturated carbocycles. The lowest BCUT2D eigenvalue weighted by Gasteiger charge is -2.44. The van der Waals surface area contributed by atoms with E-state index in [2.05, 4.69) is 17.6 Å². The Morgan fingerprint density at radius 3 is 2.25 bits per heavy atom. The summed E-state index contributed by atoms with van der Waals surface area (Å²) in [5.74, 6) is -1.20. The number of alkyl carbamates (subject to hydrolysis) is 1. The third kappa shape index (κ3) is 8.69. The Kier molecular flexibility index (Phi) is 11.7. The molecule has 0 fully saturated rings. The molecule has 2 atom stereocenters. The van der Waals surface area contributed by atoms with Crippen molar-refractivity contribution < 1.29 is 29.3 Å². The molecule has 0 radical (unpaired) electrons. The van der Waals surface area contributed by atoms with Crippen LogP contribution in [0.3, 0.4) is 0 Å². The second-order valence-electron chi connectivity index (χ2n) is 10.7. The van der Waals surface area contributed by atoms with E-state index in [0.29, 0.717) is 18.5 Å². The lowest BCUT2D eigenvalue weighted by Crippen LogP contribution is -2.60. The minimum Gasteiger partial charge on any atom is -0.507 e. The number of aryl methyl sites for hydroxylation is 1. The van der Waals surface area contributed by atoms with Crippen LogP contribution in [0.1, 0.15) is 91.3 Å². The number of carbonyl (C=O) groups is 3. The number of hydrogen-bond donors (Lipinski definition) is 4. The van der Waals surface area contributed by atoms with Gasteiger partial charge in [-0.25, -0.2) is 4.79 Å². The fourth-order valence-electron chi connectivity index (χ4n) is 3.73. The van der Waals surface area contributed by atoms with Crippen LogP contribution in [0.2, 0.25) is 0 Å². The lowest BCUT2D eigenvalue weighted by atomic mass is 9.91. The average molecular weight is 508 g/mol. The number of aliphatic hydroxyl groups is 1. The summed E-state index contributed by atoms with van der Waals surface area (Å²) in [7, 11) is 0. The average Bonchev–Trinajstić information content (AvgIpc) is 2.79. The maximum absolute atomic E-state index is 13.9. The fourth-order valence-corrected chi connectivity index (χ4v) is 3.73. The molecular formula is C27H45N3O6. The maximum atomic E-state index is 13.9. The largest absolute Gasteiger partial charge is 0.507 e. The number of hydrogen-bond acceptors (Lipinski definition) is 6. The monoisotopic (exact) mass is 507 g/mol. The first-order valence-corrected chi connectivity index (χ1v) is 12.7. The molecule has 9 nitrogen and oxygen atoms in total. The number of phenols is 1. The Balaban J connectivity index is 3.55. The van der Waals surface area contributed by atoms with Crippen LogP contribution in [-0.2, 0) is 14.3 Å². The van der Waals surface area contributed by atoms with Crippen molar-refractivity contribution in [1.29, 1.82) is 0 Å². The van der Waals surface area contributed by atoms with Crippen LogP contribution in [0, 0.1) is 6.92 Å². The smallest absolute Gasteiger partial charge is 0.408 e. The van der Waals surface area contributed by atoms with Crippen LogP contribution in [0.15, 0.2) is 18.2 Å². The molecule has 0 aliphatic rings. The molecule has 0 aromatic heterocycles. The van der Waals surface area contributed by atoms with Crippen LogP contribution in [0.5, 0.6) is 5.75 Å². The third-order valence-electron chi connectivity index (χ3n) is 6.08. The van der Waals surface area contributed by atoms with Gasteiger partial charge in [-0.2, -0.15) is 0 Å². The van der Waals surface area contributed by atoms with Crippen LogP contribution in [0.4, 0.5) is 4.79 Å². The summed E-state index contributed by atoms with van der Waals surface area (Å²) in [6.07, 6.45) is 2.31. The molecule has 36 heavy (non-hydrogen) atoms. The summed E-state index contributed by atoms with van der Waals surface area (Å²) in [5.41, 5.74) is -0.846.